The number of methoxy groups -OCH3 is 2. The van der Waals surface area contributed by atoms with Gasteiger partial charge in [-0.05, 0) is 6.42 Å². The first-order valence-corrected chi connectivity index (χ1v) is 5.74. The highest BCUT2D eigenvalue weighted by Crippen LogP contribution is 1.78. The summed E-state index contributed by atoms with van der Waals surface area (Å²) in [4.78, 5) is 15.3. The lowest BCUT2D eigenvalue weighted by atomic mass is 10.4. The minimum absolute atomic E-state index is 0.0144. The first-order chi connectivity index (χ1) is 8.74. The van der Waals surface area contributed by atoms with Gasteiger partial charge in [0.15, 0.2) is 0 Å². The second-order valence-electron chi connectivity index (χ2n) is 3.43. The molecule has 0 fully saturated rings. The van der Waals surface area contributed by atoms with Crippen molar-refractivity contribution >= 4 is 11.9 Å². The van der Waals surface area contributed by atoms with Crippen LogP contribution in [0.4, 0.5) is 0 Å². The molecule has 0 aromatic heterocycles. The Labute approximate surface area is 107 Å². The molecule has 0 unspecified atom stereocenters. The van der Waals surface area contributed by atoms with E-state index in [1.54, 1.807) is 14.2 Å². The summed E-state index contributed by atoms with van der Waals surface area (Å²) in [6.45, 7) is 2.29. The first-order valence-electron chi connectivity index (χ1n) is 5.74. The number of nitrogens with one attached hydrogen (secondary N) is 3. The lowest BCUT2D eigenvalue weighted by Crippen LogP contribution is -2.43. The smallest absolute Gasteiger partial charge is 0.241 e. The average molecular weight is 261 g/mol. The minimum atomic E-state index is -0.182. The SMILES string of the molecule is COCCCNC(=NCC(=O)NCCOC)NN. The molecule has 0 aromatic rings. The van der Waals surface area contributed by atoms with E-state index in [1.165, 1.54) is 0 Å². The highest BCUT2D eigenvalue weighted by atomic mass is 16.5. The Morgan fingerprint density at radius 2 is 1.89 bits per heavy atom. The number of carbonyl (C=O) groups is 1. The van der Waals surface area contributed by atoms with Crippen molar-refractivity contribution < 1.29 is 14.3 Å². The Kier molecular flexibility index (Phi) is 11.2. The molecule has 0 atom stereocenters. The number of hydrogen-bond donors (Lipinski definition) is 4. The van der Waals surface area contributed by atoms with Crippen LogP contribution in [-0.2, 0) is 14.3 Å². The standard InChI is InChI=1S/C10H23N5O3/c1-17-6-3-4-13-10(15-11)14-8-9(16)12-5-7-18-2/h3-8,11H2,1-2H3,(H,12,16)(H2,13,14,15). The summed E-state index contributed by atoms with van der Waals surface area (Å²) in [6.07, 6.45) is 0.831. The molecule has 0 aliphatic rings. The lowest BCUT2D eigenvalue weighted by Gasteiger charge is -2.08. The highest BCUT2D eigenvalue weighted by Gasteiger charge is 2.00. The maximum Gasteiger partial charge on any atom is 0.241 e. The number of guanidine groups is 1. The Bertz CT molecular complexity index is 248. The van der Waals surface area contributed by atoms with Crippen LogP contribution in [0.25, 0.3) is 0 Å². The van der Waals surface area contributed by atoms with Gasteiger partial charge in [-0.3, -0.25) is 10.2 Å². The van der Waals surface area contributed by atoms with E-state index in [0.29, 0.717) is 32.3 Å². The van der Waals surface area contributed by atoms with Gasteiger partial charge in [0.05, 0.1) is 6.61 Å². The fourth-order valence-electron chi connectivity index (χ4n) is 1.08. The number of nitrogens with two attached hydrogens (primary N) is 1. The fourth-order valence-corrected chi connectivity index (χ4v) is 1.08. The molecule has 0 rings (SSSR count). The predicted octanol–water partition coefficient (Wildman–Crippen LogP) is -1.81. The third-order valence-electron chi connectivity index (χ3n) is 1.96. The fraction of sp³-hybridized carbons (Fsp3) is 0.800. The number of hydrogen-bond acceptors (Lipinski definition) is 5. The second-order valence-corrected chi connectivity index (χ2v) is 3.43. The van der Waals surface area contributed by atoms with E-state index >= 15 is 0 Å². The van der Waals surface area contributed by atoms with Gasteiger partial charge in [-0.15, -0.1) is 0 Å². The number of hydrazine groups is 1. The summed E-state index contributed by atoms with van der Waals surface area (Å²) in [7, 11) is 3.21. The maximum atomic E-state index is 11.3. The molecule has 0 heterocycles. The van der Waals surface area contributed by atoms with E-state index in [-0.39, 0.29) is 12.5 Å². The first kappa shape index (κ1) is 16.6. The van der Waals surface area contributed by atoms with E-state index in [1.807, 2.05) is 0 Å². The van der Waals surface area contributed by atoms with Crippen molar-refractivity contribution in [3.05, 3.63) is 0 Å². The van der Waals surface area contributed by atoms with Crippen molar-refractivity contribution in [3.8, 4) is 0 Å². The largest absolute Gasteiger partial charge is 0.385 e. The maximum absolute atomic E-state index is 11.3. The Morgan fingerprint density at radius 3 is 2.50 bits per heavy atom. The molecule has 0 bridgehead atoms. The van der Waals surface area contributed by atoms with Crippen molar-refractivity contribution in [2.45, 2.75) is 6.42 Å². The zero-order valence-corrected chi connectivity index (χ0v) is 11.0. The van der Waals surface area contributed by atoms with Crippen LogP contribution in [0.3, 0.4) is 0 Å². The number of aliphatic imine (C=N–C) groups is 1. The molecule has 8 heteroatoms. The van der Waals surface area contributed by atoms with Crippen molar-refractivity contribution in [1.82, 2.24) is 16.1 Å². The summed E-state index contributed by atoms with van der Waals surface area (Å²) in [5.41, 5.74) is 2.39. The van der Waals surface area contributed by atoms with E-state index < -0.39 is 0 Å². The Balaban J connectivity index is 3.77. The molecule has 0 aromatic carbocycles. The van der Waals surface area contributed by atoms with Crippen LogP contribution >= 0.6 is 0 Å². The molecule has 1 amide bonds. The summed E-state index contributed by atoms with van der Waals surface area (Å²) in [5, 5.41) is 5.61. The van der Waals surface area contributed by atoms with Crippen molar-refractivity contribution in [2.24, 2.45) is 10.8 Å². The predicted molar refractivity (Wildman–Crippen MR) is 69.0 cm³/mol. The van der Waals surface area contributed by atoms with Crippen LogP contribution in [0.15, 0.2) is 4.99 Å². The minimum Gasteiger partial charge on any atom is -0.385 e. The zero-order valence-electron chi connectivity index (χ0n) is 11.0. The summed E-state index contributed by atoms with van der Waals surface area (Å²) < 4.78 is 9.71. The van der Waals surface area contributed by atoms with Crippen LogP contribution in [-0.4, -0.2) is 58.9 Å². The van der Waals surface area contributed by atoms with Gasteiger partial charge in [0.25, 0.3) is 0 Å². The Hall–Kier alpha value is -1.38. The highest BCUT2D eigenvalue weighted by molar-refractivity contribution is 5.84. The molecule has 0 spiro atoms. The molecule has 0 aliphatic carbocycles. The number of carbonyl (C=O) groups excluding carboxylic acids is 1. The van der Waals surface area contributed by atoms with Crippen LogP contribution < -0.4 is 21.9 Å². The molecule has 0 radical (unpaired) electrons. The summed E-state index contributed by atoms with van der Waals surface area (Å²) in [5.74, 6) is 5.47. The molecule has 106 valence electrons. The number of rotatable bonds is 9. The molecule has 0 aliphatic heterocycles. The quantitative estimate of drug-likeness (QED) is 0.128. The van der Waals surface area contributed by atoms with Gasteiger partial charge < -0.3 is 20.1 Å². The molecule has 0 saturated heterocycles. The van der Waals surface area contributed by atoms with Crippen LogP contribution in [0.2, 0.25) is 0 Å². The van der Waals surface area contributed by atoms with Crippen LogP contribution in [0, 0.1) is 0 Å². The van der Waals surface area contributed by atoms with Gasteiger partial charge >= 0.3 is 0 Å². The van der Waals surface area contributed by atoms with Crippen molar-refractivity contribution in [1.29, 1.82) is 0 Å². The van der Waals surface area contributed by atoms with E-state index in [9.17, 15) is 4.79 Å². The summed E-state index contributed by atoms with van der Waals surface area (Å²) in [6, 6.07) is 0. The molecule has 5 N–H and O–H groups in total. The second kappa shape index (κ2) is 12.1. The normalized spacial score (nSPS) is 11.2. The van der Waals surface area contributed by atoms with Crippen molar-refractivity contribution in [2.75, 3.05) is 47.1 Å². The van der Waals surface area contributed by atoms with Gasteiger partial charge in [0, 0.05) is 33.9 Å². The number of nitrogens with zero attached hydrogens (tertiary/aromatic N) is 1. The van der Waals surface area contributed by atoms with Gasteiger partial charge in [-0.2, -0.15) is 0 Å². The number of amides is 1. The van der Waals surface area contributed by atoms with Gasteiger partial charge in [0.2, 0.25) is 11.9 Å². The van der Waals surface area contributed by atoms with Gasteiger partial charge in [0.1, 0.15) is 6.54 Å². The van der Waals surface area contributed by atoms with Crippen LogP contribution in [0.5, 0.6) is 0 Å². The summed E-state index contributed by atoms with van der Waals surface area (Å²) >= 11 is 0. The number of ether oxygens (including phenoxy) is 2. The monoisotopic (exact) mass is 261 g/mol. The van der Waals surface area contributed by atoms with Crippen molar-refractivity contribution in [3.63, 3.8) is 0 Å². The third kappa shape index (κ3) is 9.82. The van der Waals surface area contributed by atoms with E-state index in [2.05, 4.69) is 21.1 Å². The average Bonchev–Trinajstić information content (AvgIpc) is 2.38. The van der Waals surface area contributed by atoms with E-state index in [4.69, 9.17) is 15.3 Å². The van der Waals surface area contributed by atoms with Gasteiger partial charge in [-0.1, -0.05) is 0 Å². The topological polar surface area (TPSA) is 110 Å². The van der Waals surface area contributed by atoms with E-state index in [0.717, 1.165) is 6.42 Å². The molecule has 8 nitrogen and oxygen atoms in total. The molecular weight excluding hydrogens is 238 g/mol. The molecular formula is C10H23N5O3. The molecule has 18 heavy (non-hydrogen) atoms. The zero-order chi connectivity index (χ0) is 13.6. The third-order valence-corrected chi connectivity index (χ3v) is 1.96. The van der Waals surface area contributed by atoms with Crippen LogP contribution in [0.1, 0.15) is 6.42 Å². The Morgan fingerprint density at radius 1 is 1.17 bits per heavy atom. The molecule has 0 saturated carbocycles. The van der Waals surface area contributed by atoms with Gasteiger partial charge in [-0.25, -0.2) is 10.8 Å². The lowest BCUT2D eigenvalue weighted by molar-refractivity contribution is -0.119.